The molecule has 1 fully saturated rings. The number of phenolic OH excluding ortho intramolecular Hbond substituents is 1. The number of phenols is 1. The molecule has 10 nitrogen and oxygen atoms in total. The number of carbonyl (C=O) groups excluding carboxylic acids is 1. The van der Waals surface area contributed by atoms with E-state index in [2.05, 4.69) is 10.6 Å². The van der Waals surface area contributed by atoms with E-state index in [1.54, 1.807) is 20.2 Å². The molecule has 10 heteroatoms. The lowest BCUT2D eigenvalue weighted by Crippen LogP contribution is -2.65. The first-order valence-electron chi connectivity index (χ1n) is 12.2. The van der Waals surface area contributed by atoms with E-state index in [4.69, 9.17) is 14.2 Å². The van der Waals surface area contributed by atoms with Gasteiger partial charge in [-0.2, -0.15) is 0 Å². The van der Waals surface area contributed by atoms with Gasteiger partial charge in [-0.05, 0) is 17.7 Å². The first-order chi connectivity index (χ1) is 18.2. The molecule has 0 radical (unpaired) electrons. The zero-order valence-corrected chi connectivity index (χ0v) is 21.4. The quantitative estimate of drug-likeness (QED) is 0.289. The van der Waals surface area contributed by atoms with Gasteiger partial charge in [-0.1, -0.05) is 43.3 Å². The number of benzene rings is 2. The Hall–Kier alpha value is -4.31. The average Bonchev–Trinajstić information content (AvgIpc) is 3.45. The predicted octanol–water partition coefficient (Wildman–Crippen LogP) is 2.71. The number of para-hydroxylation sites is 1. The van der Waals surface area contributed by atoms with Gasteiger partial charge in [0.2, 0.25) is 6.79 Å². The minimum Gasteiger partial charge on any atom is -0.505 e. The highest BCUT2D eigenvalue weighted by molar-refractivity contribution is 5.99. The van der Waals surface area contributed by atoms with E-state index < -0.39 is 27.7 Å². The minimum atomic E-state index is -0.994. The van der Waals surface area contributed by atoms with Crippen molar-refractivity contribution < 1.29 is 24.1 Å². The molecule has 1 unspecified atom stereocenters. The third-order valence-electron chi connectivity index (χ3n) is 7.26. The van der Waals surface area contributed by atoms with Crippen LogP contribution in [0.2, 0.25) is 0 Å². The molecule has 0 aromatic heterocycles. The molecule has 1 atom stereocenters. The Morgan fingerprint density at radius 2 is 1.76 bits per heavy atom. The summed E-state index contributed by atoms with van der Waals surface area (Å²) in [6, 6.07) is 14.3. The number of nitrogens with zero attached hydrogens (tertiary/aromatic N) is 1. The predicted molar refractivity (Wildman–Crippen MR) is 141 cm³/mol. The van der Waals surface area contributed by atoms with Crippen LogP contribution in [0.3, 0.4) is 0 Å². The summed E-state index contributed by atoms with van der Waals surface area (Å²) in [4.78, 5) is 39.5. The lowest BCUT2D eigenvalue weighted by atomic mass is 9.65. The van der Waals surface area contributed by atoms with E-state index >= 15 is 0 Å². The SMILES string of the molecule is CN(C)C(=O)c1cccc(Nc2c(NC(Cc3ccccc3)(C3=COCO3)C3(C)COC3)c(=O)c2=O)c1O. The van der Waals surface area contributed by atoms with Gasteiger partial charge >= 0.3 is 0 Å². The highest BCUT2D eigenvalue weighted by atomic mass is 16.7. The Balaban J connectivity index is 1.56. The van der Waals surface area contributed by atoms with Gasteiger partial charge in [-0.3, -0.25) is 14.4 Å². The van der Waals surface area contributed by atoms with Gasteiger partial charge in [-0.15, -0.1) is 0 Å². The lowest BCUT2D eigenvalue weighted by molar-refractivity contribution is -0.138. The van der Waals surface area contributed by atoms with Crippen LogP contribution < -0.4 is 21.5 Å². The van der Waals surface area contributed by atoms with Crippen molar-refractivity contribution in [3.05, 3.63) is 92.1 Å². The molecular weight excluding hydrogens is 490 g/mol. The molecule has 2 aliphatic rings. The maximum absolute atomic E-state index is 12.9. The van der Waals surface area contributed by atoms with E-state index in [-0.39, 0.29) is 35.2 Å². The van der Waals surface area contributed by atoms with Crippen molar-refractivity contribution >= 4 is 23.0 Å². The van der Waals surface area contributed by atoms with E-state index in [1.165, 1.54) is 23.3 Å². The van der Waals surface area contributed by atoms with E-state index in [1.807, 2.05) is 37.3 Å². The molecule has 0 spiro atoms. The fraction of sp³-hybridized carbons (Fsp3) is 0.321. The largest absolute Gasteiger partial charge is 0.505 e. The summed E-state index contributed by atoms with van der Waals surface area (Å²) in [5, 5.41) is 17.0. The molecule has 2 heterocycles. The lowest BCUT2D eigenvalue weighted by Gasteiger charge is -2.53. The first-order valence-corrected chi connectivity index (χ1v) is 12.2. The smallest absolute Gasteiger partial charge is 0.257 e. The minimum absolute atomic E-state index is 0.0134. The van der Waals surface area contributed by atoms with Gasteiger partial charge in [0, 0.05) is 25.9 Å². The molecule has 1 saturated heterocycles. The Morgan fingerprint density at radius 3 is 2.37 bits per heavy atom. The summed E-state index contributed by atoms with van der Waals surface area (Å²) in [5.74, 6) is -0.234. The van der Waals surface area contributed by atoms with Crippen LogP contribution in [-0.4, -0.2) is 55.6 Å². The summed E-state index contributed by atoms with van der Waals surface area (Å²) in [6.07, 6.45) is 1.94. The maximum atomic E-state index is 12.9. The Morgan fingerprint density at radius 1 is 1.05 bits per heavy atom. The van der Waals surface area contributed by atoms with Crippen molar-refractivity contribution in [2.24, 2.45) is 5.41 Å². The molecule has 3 N–H and O–H groups in total. The molecule has 3 aromatic carbocycles. The van der Waals surface area contributed by atoms with E-state index in [9.17, 15) is 19.5 Å². The van der Waals surface area contributed by atoms with E-state index in [0.29, 0.717) is 25.4 Å². The Bertz CT molecular complexity index is 1470. The van der Waals surface area contributed by atoms with Crippen LogP contribution in [0.25, 0.3) is 0 Å². The molecule has 38 heavy (non-hydrogen) atoms. The van der Waals surface area contributed by atoms with Gasteiger partial charge < -0.3 is 34.9 Å². The monoisotopic (exact) mass is 519 g/mol. The van der Waals surface area contributed by atoms with Gasteiger partial charge in [0.05, 0.1) is 24.5 Å². The number of nitrogens with one attached hydrogen (secondary N) is 2. The number of rotatable bonds is 9. The van der Waals surface area contributed by atoms with Crippen molar-refractivity contribution in [1.29, 1.82) is 0 Å². The van der Waals surface area contributed by atoms with Crippen molar-refractivity contribution in [2.75, 3.05) is 44.7 Å². The number of amides is 1. The van der Waals surface area contributed by atoms with Crippen LogP contribution in [0.15, 0.2) is 70.1 Å². The highest BCUT2D eigenvalue weighted by Gasteiger charge is 2.58. The van der Waals surface area contributed by atoms with Crippen molar-refractivity contribution in [2.45, 2.75) is 18.9 Å². The Labute approximate surface area is 219 Å². The van der Waals surface area contributed by atoms with Crippen LogP contribution in [0.1, 0.15) is 22.8 Å². The Kier molecular flexibility index (Phi) is 6.36. The molecule has 2 aliphatic heterocycles. The first kappa shape index (κ1) is 25.3. The number of hydrogen-bond acceptors (Lipinski definition) is 9. The zero-order chi connectivity index (χ0) is 27.1. The van der Waals surface area contributed by atoms with Gasteiger partial charge in [0.1, 0.15) is 23.2 Å². The van der Waals surface area contributed by atoms with Gasteiger partial charge in [-0.25, -0.2) is 0 Å². The summed E-state index contributed by atoms with van der Waals surface area (Å²) in [7, 11) is 3.14. The number of hydrogen-bond donors (Lipinski definition) is 3. The van der Waals surface area contributed by atoms with Crippen LogP contribution in [0, 0.1) is 5.41 Å². The second kappa shape index (κ2) is 9.53. The molecular formula is C28H29N3O7. The van der Waals surface area contributed by atoms with Crippen LogP contribution >= 0.6 is 0 Å². The maximum Gasteiger partial charge on any atom is 0.257 e. The summed E-state index contributed by atoms with van der Waals surface area (Å²) < 4.78 is 16.9. The third kappa shape index (κ3) is 4.06. The number of ether oxygens (including phenoxy) is 3. The fourth-order valence-corrected chi connectivity index (χ4v) is 4.91. The molecule has 1 amide bonds. The van der Waals surface area contributed by atoms with E-state index in [0.717, 1.165) is 5.56 Å². The van der Waals surface area contributed by atoms with Crippen LogP contribution in [0.5, 0.6) is 5.75 Å². The summed E-state index contributed by atoms with van der Waals surface area (Å²) in [5.41, 5.74) is -1.74. The molecule has 0 aliphatic carbocycles. The van der Waals surface area contributed by atoms with Gasteiger partial charge in [0.15, 0.2) is 11.5 Å². The average molecular weight is 520 g/mol. The van der Waals surface area contributed by atoms with Crippen LogP contribution in [-0.2, 0) is 20.6 Å². The zero-order valence-electron chi connectivity index (χ0n) is 21.4. The molecule has 5 rings (SSSR count). The molecule has 0 bridgehead atoms. The standard InChI is InChI=1S/C28H29N3O7/c1-27(14-37-15-27)28(20-13-36-16-38-20,12-17-8-5-4-6-9-17)30-22-21(24(33)25(22)34)29-19-11-7-10-18(23(19)32)26(35)31(2)3/h4-11,13,29-30,32H,12,14-16H2,1-3H3. The molecule has 0 saturated carbocycles. The second-order valence-corrected chi connectivity index (χ2v) is 10.1. The summed E-state index contributed by atoms with van der Waals surface area (Å²) in [6.45, 7) is 2.83. The summed E-state index contributed by atoms with van der Waals surface area (Å²) >= 11 is 0. The van der Waals surface area contributed by atoms with Crippen molar-refractivity contribution in [3.8, 4) is 5.75 Å². The molecule has 198 valence electrons. The van der Waals surface area contributed by atoms with Crippen molar-refractivity contribution in [3.63, 3.8) is 0 Å². The number of anilines is 3. The second-order valence-electron chi connectivity index (χ2n) is 10.1. The topological polar surface area (TPSA) is 126 Å². The number of aromatic hydroxyl groups is 1. The highest BCUT2D eigenvalue weighted by Crippen LogP contribution is 2.49. The number of carbonyl (C=O) groups is 1. The van der Waals surface area contributed by atoms with Crippen molar-refractivity contribution in [1.82, 2.24) is 4.90 Å². The van der Waals surface area contributed by atoms with Crippen LogP contribution in [0.4, 0.5) is 17.1 Å². The van der Waals surface area contributed by atoms with Gasteiger partial charge in [0.25, 0.3) is 16.8 Å². The third-order valence-corrected chi connectivity index (χ3v) is 7.26. The normalized spacial score (nSPS) is 17.4. The molecule has 3 aromatic rings. The fourth-order valence-electron chi connectivity index (χ4n) is 4.91.